The zero-order chi connectivity index (χ0) is 22.2. The molecule has 2 heterocycles. The molecule has 3 fully saturated rings. The van der Waals surface area contributed by atoms with E-state index in [4.69, 9.17) is 4.74 Å². The average molecular weight is 428 g/mol. The Hall–Kier alpha value is -2.57. The highest BCUT2D eigenvalue weighted by molar-refractivity contribution is 5.86. The lowest BCUT2D eigenvalue weighted by molar-refractivity contribution is -0.136. The SMILES string of the molecule is CNC(=O)[C@@]12CCC3(CCN(C(=O)Cc4ccc(OC)cc4)CC3)[C@@H]1CN(C(C)=O)C2. The molecule has 0 bridgehead atoms. The van der Waals surface area contributed by atoms with Gasteiger partial charge in [-0.05, 0) is 54.7 Å². The molecule has 0 unspecified atom stereocenters. The van der Waals surface area contributed by atoms with Gasteiger partial charge in [0, 0.05) is 40.2 Å². The molecule has 2 saturated heterocycles. The van der Waals surface area contributed by atoms with Crippen LogP contribution in [0.15, 0.2) is 24.3 Å². The second-order valence-corrected chi connectivity index (χ2v) is 9.46. The number of piperidine rings is 1. The van der Waals surface area contributed by atoms with E-state index in [9.17, 15) is 14.4 Å². The van der Waals surface area contributed by atoms with Crippen LogP contribution in [0.3, 0.4) is 0 Å². The number of likely N-dealkylation sites (tertiary alicyclic amines) is 2. The van der Waals surface area contributed by atoms with Crippen LogP contribution >= 0.6 is 0 Å². The van der Waals surface area contributed by atoms with Crippen LogP contribution in [-0.2, 0) is 20.8 Å². The molecule has 3 amide bonds. The van der Waals surface area contributed by atoms with Crippen molar-refractivity contribution in [2.45, 2.75) is 39.0 Å². The van der Waals surface area contributed by atoms with Crippen LogP contribution in [0.5, 0.6) is 5.75 Å². The van der Waals surface area contributed by atoms with E-state index in [0.717, 1.165) is 50.1 Å². The topological polar surface area (TPSA) is 79.0 Å². The molecular weight excluding hydrogens is 394 g/mol. The summed E-state index contributed by atoms with van der Waals surface area (Å²) in [4.78, 5) is 41.7. The summed E-state index contributed by atoms with van der Waals surface area (Å²) < 4.78 is 5.19. The van der Waals surface area contributed by atoms with Gasteiger partial charge in [-0.2, -0.15) is 0 Å². The molecule has 3 aliphatic rings. The molecule has 1 aromatic carbocycles. The maximum absolute atomic E-state index is 12.9. The molecule has 31 heavy (non-hydrogen) atoms. The second-order valence-electron chi connectivity index (χ2n) is 9.46. The molecule has 7 heteroatoms. The minimum atomic E-state index is -0.476. The van der Waals surface area contributed by atoms with E-state index in [0.29, 0.717) is 19.5 Å². The summed E-state index contributed by atoms with van der Waals surface area (Å²) in [6.07, 6.45) is 4.01. The Morgan fingerprint density at radius 3 is 2.32 bits per heavy atom. The van der Waals surface area contributed by atoms with Crippen molar-refractivity contribution in [1.82, 2.24) is 15.1 Å². The highest BCUT2D eigenvalue weighted by Gasteiger charge is 2.64. The third kappa shape index (κ3) is 3.68. The van der Waals surface area contributed by atoms with Crippen LogP contribution in [0.1, 0.15) is 38.2 Å². The van der Waals surface area contributed by atoms with Gasteiger partial charge in [0.05, 0.1) is 18.9 Å². The quantitative estimate of drug-likeness (QED) is 0.796. The monoisotopic (exact) mass is 427 g/mol. The molecule has 0 aromatic heterocycles. The Balaban J connectivity index is 1.43. The van der Waals surface area contributed by atoms with Crippen LogP contribution in [-0.4, -0.2) is 67.9 Å². The van der Waals surface area contributed by atoms with E-state index in [-0.39, 0.29) is 29.1 Å². The number of nitrogens with one attached hydrogen (secondary N) is 1. The van der Waals surface area contributed by atoms with E-state index in [1.54, 1.807) is 21.1 Å². The smallest absolute Gasteiger partial charge is 0.228 e. The van der Waals surface area contributed by atoms with Crippen molar-refractivity contribution in [2.24, 2.45) is 16.7 Å². The summed E-state index contributed by atoms with van der Waals surface area (Å²) in [7, 11) is 3.32. The zero-order valence-corrected chi connectivity index (χ0v) is 18.8. The number of benzene rings is 1. The first kappa shape index (κ1) is 21.7. The number of rotatable bonds is 4. The molecule has 1 N–H and O–H groups in total. The maximum Gasteiger partial charge on any atom is 0.228 e. The fourth-order valence-corrected chi connectivity index (χ4v) is 6.25. The standard InChI is InChI=1S/C24H33N3O4/c1-17(28)27-15-20-23(8-9-24(20,16-27)22(30)25-2)10-12-26(13-11-23)21(29)14-18-4-6-19(31-3)7-5-18/h4-7,20H,8-16H2,1-3H3,(H,25,30)/t20-,24+/m0/s1. The summed E-state index contributed by atoms with van der Waals surface area (Å²) >= 11 is 0. The van der Waals surface area contributed by atoms with E-state index in [1.807, 2.05) is 34.1 Å². The molecule has 1 saturated carbocycles. The molecule has 4 rings (SSSR count). The molecule has 7 nitrogen and oxygen atoms in total. The highest BCUT2D eigenvalue weighted by atomic mass is 16.5. The molecule has 0 radical (unpaired) electrons. The minimum Gasteiger partial charge on any atom is -0.497 e. The van der Waals surface area contributed by atoms with E-state index >= 15 is 0 Å². The van der Waals surface area contributed by atoms with Gasteiger partial charge in [-0.3, -0.25) is 14.4 Å². The zero-order valence-electron chi connectivity index (χ0n) is 18.8. The number of fused-ring (bicyclic) bond motifs is 2. The minimum absolute atomic E-state index is 0.0353. The van der Waals surface area contributed by atoms with Gasteiger partial charge < -0.3 is 19.9 Å². The van der Waals surface area contributed by atoms with Crippen molar-refractivity contribution in [3.05, 3.63) is 29.8 Å². The van der Waals surface area contributed by atoms with Gasteiger partial charge in [0.2, 0.25) is 17.7 Å². The van der Waals surface area contributed by atoms with E-state index in [1.165, 1.54) is 0 Å². The van der Waals surface area contributed by atoms with E-state index in [2.05, 4.69) is 5.32 Å². The maximum atomic E-state index is 12.9. The molecule has 168 valence electrons. The van der Waals surface area contributed by atoms with Crippen LogP contribution in [0.4, 0.5) is 0 Å². The van der Waals surface area contributed by atoms with Crippen LogP contribution in [0.2, 0.25) is 0 Å². The number of carbonyl (C=O) groups is 3. The summed E-state index contributed by atoms with van der Waals surface area (Å²) in [5, 5.41) is 2.86. The van der Waals surface area contributed by atoms with Gasteiger partial charge in [-0.1, -0.05) is 12.1 Å². The number of carbonyl (C=O) groups excluding carboxylic acids is 3. The third-order valence-electron chi connectivity index (χ3n) is 8.10. The van der Waals surface area contributed by atoms with Gasteiger partial charge in [-0.25, -0.2) is 0 Å². The number of ether oxygens (including phenoxy) is 1. The first-order chi connectivity index (χ1) is 14.8. The Morgan fingerprint density at radius 1 is 1.06 bits per heavy atom. The second kappa shape index (κ2) is 8.17. The van der Waals surface area contributed by atoms with Gasteiger partial charge >= 0.3 is 0 Å². The molecule has 1 aromatic rings. The average Bonchev–Trinajstić information content (AvgIpc) is 3.32. The number of hydrogen-bond acceptors (Lipinski definition) is 4. The summed E-state index contributed by atoms with van der Waals surface area (Å²) in [5.41, 5.74) is 0.544. The molecule has 1 aliphatic carbocycles. The fourth-order valence-electron chi connectivity index (χ4n) is 6.25. The highest BCUT2D eigenvalue weighted by Crippen LogP contribution is 2.62. The predicted octanol–water partition coefficient (Wildman–Crippen LogP) is 1.85. The molecule has 2 aliphatic heterocycles. The van der Waals surface area contributed by atoms with Gasteiger partial charge in [0.1, 0.15) is 5.75 Å². The van der Waals surface area contributed by atoms with Crippen molar-refractivity contribution in [2.75, 3.05) is 40.3 Å². The predicted molar refractivity (Wildman–Crippen MR) is 116 cm³/mol. The van der Waals surface area contributed by atoms with Crippen LogP contribution in [0, 0.1) is 16.7 Å². The van der Waals surface area contributed by atoms with Crippen molar-refractivity contribution in [3.8, 4) is 5.75 Å². The molecule has 1 spiro atoms. The molecular formula is C24H33N3O4. The Kier molecular flexibility index (Phi) is 5.71. The number of nitrogens with zero attached hydrogens (tertiary/aromatic N) is 2. The first-order valence-electron chi connectivity index (χ1n) is 11.2. The Labute approximate surface area is 184 Å². The number of hydrogen-bond donors (Lipinski definition) is 1. The summed E-state index contributed by atoms with van der Waals surface area (Å²) in [6.45, 7) is 4.20. The number of amides is 3. The van der Waals surface area contributed by atoms with Crippen LogP contribution < -0.4 is 10.1 Å². The first-order valence-corrected chi connectivity index (χ1v) is 11.2. The lowest BCUT2D eigenvalue weighted by atomic mass is 9.65. The molecule has 2 atom stereocenters. The van der Waals surface area contributed by atoms with Crippen molar-refractivity contribution in [1.29, 1.82) is 0 Å². The fraction of sp³-hybridized carbons (Fsp3) is 0.625. The summed E-state index contributed by atoms with van der Waals surface area (Å²) in [6, 6.07) is 7.63. The lowest BCUT2D eigenvalue weighted by Crippen LogP contribution is -2.49. The van der Waals surface area contributed by atoms with Gasteiger partial charge in [0.25, 0.3) is 0 Å². The Morgan fingerprint density at radius 2 is 1.74 bits per heavy atom. The van der Waals surface area contributed by atoms with Crippen molar-refractivity contribution in [3.63, 3.8) is 0 Å². The largest absolute Gasteiger partial charge is 0.497 e. The van der Waals surface area contributed by atoms with Gasteiger partial charge in [-0.15, -0.1) is 0 Å². The summed E-state index contributed by atoms with van der Waals surface area (Å²) in [5.74, 6) is 1.21. The third-order valence-corrected chi connectivity index (χ3v) is 8.10. The lowest BCUT2D eigenvalue weighted by Gasteiger charge is -2.44. The van der Waals surface area contributed by atoms with Crippen molar-refractivity contribution >= 4 is 17.7 Å². The van der Waals surface area contributed by atoms with Crippen molar-refractivity contribution < 1.29 is 19.1 Å². The number of methoxy groups -OCH3 is 1. The van der Waals surface area contributed by atoms with Gasteiger partial charge in [0.15, 0.2) is 0 Å². The Bertz CT molecular complexity index is 860. The normalized spacial score (nSPS) is 26.6. The van der Waals surface area contributed by atoms with Crippen LogP contribution in [0.25, 0.3) is 0 Å². The van der Waals surface area contributed by atoms with E-state index < -0.39 is 5.41 Å².